The Morgan fingerprint density at radius 3 is 2.80 bits per heavy atom. The Kier molecular flexibility index (Phi) is 2.42. The molecular weight excluding hydrogens is 198 g/mol. The van der Waals surface area contributed by atoms with Crippen molar-refractivity contribution in [1.82, 2.24) is 5.32 Å². The van der Waals surface area contributed by atoms with Crippen LogP contribution in [0, 0.1) is 11.8 Å². The number of carboxylic acid groups (broad SMARTS) is 1. The van der Waals surface area contributed by atoms with Gasteiger partial charge in [-0.3, -0.25) is 9.59 Å². The van der Waals surface area contributed by atoms with Gasteiger partial charge in [-0.1, -0.05) is 0 Å². The van der Waals surface area contributed by atoms with E-state index in [4.69, 9.17) is 9.84 Å². The van der Waals surface area contributed by atoms with Crippen LogP contribution in [-0.4, -0.2) is 35.7 Å². The van der Waals surface area contributed by atoms with Crippen LogP contribution in [0.1, 0.15) is 19.8 Å². The minimum absolute atomic E-state index is 0.102. The number of aliphatic carboxylic acids is 1. The maximum atomic E-state index is 10.9. The molecule has 1 heterocycles. The number of amides is 1. The third kappa shape index (κ3) is 1.84. The van der Waals surface area contributed by atoms with Gasteiger partial charge in [-0.25, -0.2) is 0 Å². The standard InChI is InChI=1S/C10H15NO4/c1-6(12)11-5-10-2-7(4-15-10)8(3-10)9(13)14/h7-8H,2-5H2,1H3,(H,11,12)(H,13,14)/t7-,8+,10+/m1/s1. The van der Waals surface area contributed by atoms with E-state index in [1.54, 1.807) is 0 Å². The summed E-state index contributed by atoms with van der Waals surface area (Å²) < 4.78 is 5.59. The topological polar surface area (TPSA) is 75.6 Å². The summed E-state index contributed by atoms with van der Waals surface area (Å²) in [6, 6.07) is 0. The van der Waals surface area contributed by atoms with Crippen LogP contribution in [0.15, 0.2) is 0 Å². The lowest BCUT2D eigenvalue weighted by Crippen LogP contribution is -2.42. The van der Waals surface area contributed by atoms with Gasteiger partial charge < -0.3 is 15.2 Å². The molecule has 0 radical (unpaired) electrons. The number of fused-ring (bicyclic) bond motifs is 2. The summed E-state index contributed by atoms with van der Waals surface area (Å²) in [6.45, 7) is 2.39. The highest BCUT2D eigenvalue weighted by Crippen LogP contribution is 2.47. The molecule has 1 saturated heterocycles. The van der Waals surface area contributed by atoms with Gasteiger partial charge in [0.1, 0.15) is 0 Å². The Morgan fingerprint density at radius 1 is 1.53 bits per heavy atom. The summed E-state index contributed by atoms with van der Waals surface area (Å²) in [4.78, 5) is 21.7. The molecule has 3 atom stereocenters. The van der Waals surface area contributed by atoms with E-state index in [2.05, 4.69) is 5.32 Å². The molecule has 1 saturated carbocycles. The molecule has 1 aliphatic carbocycles. The van der Waals surface area contributed by atoms with E-state index in [0.29, 0.717) is 19.6 Å². The molecule has 0 aromatic carbocycles. The van der Waals surface area contributed by atoms with Gasteiger partial charge >= 0.3 is 5.97 Å². The maximum Gasteiger partial charge on any atom is 0.306 e. The predicted octanol–water partition coefficient (Wildman–Crippen LogP) is 0.00230. The van der Waals surface area contributed by atoms with Gasteiger partial charge in [0.05, 0.1) is 18.1 Å². The molecule has 2 aliphatic rings. The number of carbonyl (C=O) groups is 2. The third-order valence-electron chi connectivity index (χ3n) is 3.38. The quantitative estimate of drug-likeness (QED) is 0.692. The fraction of sp³-hybridized carbons (Fsp3) is 0.800. The van der Waals surface area contributed by atoms with Crippen LogP contribution in [0.5, 0.6) is 0 Å². The van der Waals surface area contributed by atoms with Crippen molar-refractivity contribution in [2.45, 2.75) is 25.4 Å². The molecule has 2 rings (SSSR count). The molecule has 0 aromatic heterocycles. The number of carboxylic acids is 1. The number of hydrogen-bond acceptors (Lipinski definition) is 3. The second kappa shape index (κ2) is 3.48. The van der Waals surface area contributed by atoms with E-state index in [1.807, 2.05) is 0 Å². The van der Waals surface area contributed by atoms with Crippen LogP contribution in [0.3, 0.4) is 0 Å². The molecule has 15 heavy (non-hydrogen) atoms. The van der Waals surface area contributed by atoms with Gasteiger partial charge in [0.25, 0.3) is 0 Å². The molecule has 2 fully saturated rings. The zero-order valence-electron chi connectivity index (χ0n) is 8.66. The van der Waals surface area contributed by atoms with E-state index < -0.39 is 11.6 Å². The first-order chi connectivity index (χ1) is 7.02. The SMILES string of the molecule is CC(=O)NC[C@@]12C[C@H](CO1)[C@@H](C(=O)O)C2. The molecule has 0 unspecified atom stereocenters. The van der Waals surface area contributed by atoms with E-state index in [1.165, 1.54) is 6.92 Å². The Bertz CT molecular complexity index is 304. The highest BCUT2D eigenvalue weighted by Gasteiger charge is 2.54. The lowest BCUT2D eigenvalue weighted by atomic mass is 9.96. The Balaban J connectivity index is 2.00. The van der Waals surface area contributed by atoms with Crippen LogP contribution in [-0.2, 0) is 14.3 Å². The first-order valence-corrected chi connectivity index (χ1v) is 5.14. The zero-order valence-corrected chi connectivity index (χ0v) is 8.66. The summed E-state index contributed by atoms with van der Waals surface area (Å²) in [5, 5.41) is 11.7. The Morgan fingerprint density at radius 2 is 2.27 bits per heavy atom. The molecule has 2 N–H and O–H groups in total. The van der Waals surface area contributed by atoms with Crippen LogP contribution >= 0.6 is 0 Å². The molecule has 2 bridgehead atoms. The summed E-state index contributed by atoms with van der Waals surface area (Å²) in [5.74, 6) is -1.02. The van der Waals surface area contributed by atoms with Gasteiger partial charge in [-0.05, 0) is 18.8 Å². The summed E-state index contributed by atoms with van der Waals surface area (Å²) in [5.41, 5.74) is -0.417. The summed E-state index contributed by atoms with van der Waals surface area (Å²) in [6.07, 6.45) is 1.28. The first kappa shape index (κ1) is 10.4. The second-order valence-corrected chi connectivity index (χ2v) is 4.52. The van der Waals surface area contributed by atoms with Crippen molar-refractivity contribution in [3.8, 4) is 0 Å². The van der Waals surface area contributed by atoms with Gasteiger partial charge in [-0.2, -0.15) is 0 Å². The number of rotatable bonds is 3. The van der Waals surface area contributed by atoms with Crippen molar-refractivity contribution < 1.29 is 19.4 Å². The van der Waals surface area contributed by atoms with E-state index >= 15 is 0 Å². The molecule has 0 spiro atoms. The second-order valence-electron chi connectivity index (χ2n) is 4.52. The van der Waals surface area contributed by atoms with Crippen molar-refractivity contribution in [2.75, 3.05) is 13.2 Å². The Hall–Kier alpha value is -1.10. The van der Waals surface area contributed by atoms with Crippen molar-refractivity contribution in [2.24, 2.45) is 11.8 Å². The number of hydrogen-bond donors (Lipinski definition) is 2. The highest BCUT2D eigenvalue weighted by atomic mass is 16.5. The van der Waals surface area contributed by atoms with Crippen LogP contribution in [0.2, 0.25) is 0 Å². The normalized spacial score (nSPS) is 37.9. The number of nitrogens with one attached hydrogen (secondary N) is 1. The maximum absolute atomic E-state index is 10.9. The van der Waals surface area contributed by atoms with Crippen LogP contribution < -0.4 is 5.32 Å². The van der Waals surface area contributed by atoms with Crippen molar-refractivity contribution >= 4 is 11.9 Å². The minimum Gasteiger partial charge on any atom is -0.481 e. The molecule has 0 aromatic rings. The van der Waals surface area contributed by atoms with E-state index in [9.17, 15) is 9.59 Å². The first-order valence-electron chi connectivity index (χ1n) is 5.14. The lowest BCUT2D eigenvalue weighted by Gasteiger charge is -2.28. The molecule has 1 amide bonds. The molecule has 84 valence electrons. The van der Waals surface area contributed by atoms with Gasteiger partial charge in [0.2, 0.25) is 5.91 Å². The summed E-state index contributed by atoms with van der Waals surface area (Å²) in [7, 11) is 0. The monoisotopic (exact) mass is 213 g/mol. The molecule has 5 nitrogen and oxygen atoms in total. The van der Waals surface area contributed by atoms with Gasteiger partial charge in [0.15, 0.2) is 0 Å². The summed E-state index contributed by atoms with van der Waals surface area (Å²) >= 11 is 0. The van der Waals surface area contributed by atoms with E-state index in [0.717, 1.165) is 6.42 Å². The highest BCUT2D eigenvalue weighted by molar-refractivity contribution is 5.73. The van der Waals surface area contributed by atoms with Crippen molar-refractivity contribution in [1.29, 1.82) is 0 Å². The fourth-order valence-electron chi connectivity index (χ4n) is 2.62. The van der Waals surface area contributed by atoms with Crippen LogP contribution in [0.4, 0.5) is 0 Å². The minimum atomic E-state index is -0.743. The Labute approximate surface area is 87.8 Å². The third-order valence-corrected chi connectivity index (χ3v) is 3.38. The van der Waals surface area contributed by atoms with Crippen molar-refractivity contribution in [3.63, 3.8) is 0 Å². The van der Waals surface area contributed by atoms with E-state index in [-0.39, 0.29) is 17.7 Å². The number of carbonyl (C=O) groups excluding carboxylic acids is 1. The zero-order chi connectivity index (χ0) is 11.1. The fourth-order valence-corrected chi connectivity index (χ4v) is 2.62. The van der Waals surface area contributed by atoms with Crippen LogP contribution in [0.25, 0.3) is 0 Å². The average molecular weight is 213 g/mol. The molecular formula is C10H15NO4. The van der Waals surface area contributed by atoms with Gasteiger partial charge in [-0.15, -0.1) is 0 Å². The van der Waals surface area contributed by atoms with Gasteiger partial charge in [0, 0.05) is 13.5 Å². The lowest BCUT2D eigenvalue weighted by molar-refractivity contribution is -0.147. The largest absolute Gasteiger partial charge is 0.481 e. The molecule has 1 aliphatic heterocycles. The average Bonchev–Trinajstić information content (AvgIpc) is 2.72. The smallest absolute Gasteiger partial charge is 0.306 e. The predicted molar refractivity (Wildman–Crippen MR) is 51.2 cm³/mol. The van der Waals surface area contributed by atoms with Crippen molar-refractivity contribution in [3.05, 3.63) is 0 Å². The number of ether oxygens (including phenoxy) is 1. The molecule has 5 heteroatoms.